The van der Waals surface area contributed by atoms with Crippen LogP contribution in [0.4, 0.5) is 11.4 Å². The van der Waals surface area contributed by atoms with Crippen molar-refractivity contribution in [2.75, 3.05) is 29.9 Å². The van der Waals surface area contributed by atoms with Gasteiger partial charge in [0.2, 0.25) is 0 Å². The van der Waals surface area contributed by atoms with Crippen LogP contribution in [0.25, 0.3) is 11.0 Å². The van der Waals surface area contributed by atoms with E-state index < -0.39 is 0 Å². The second-order valence-electron chi connectivity index (χ2n) is 6.88. The van der Waals surface area contributed by atoms with E-state index in [1.165, 1.54) is 0 Å². The van der Waals surface area contributed by atoms with Crippen LogP contribution >= 0.6 is 15.9 Å². The fourth-order valence-electron chi connectivity index (χ4n) is 3.78. The molecular formula is C18H24BrN5O. The Labute approximate surface area is 155 Å². The van der Waals surface area contributed by atoms with Gasteiger partial charge in [-0.15, -0.1) is 0 Å². The number of rotatable bonds is 4. The van der Waals surface area contributed by atoms with Crippen LogP contribution in [-0.4, -0.2) is 41.8 Å². The standard InChI is InChI=1S/C18H24BrN5O/c1-11(15-5-3-7-25-15)23-14-9-22-18-16(14)17(13(19)8-21-18)24-6-2-4-12(20)10-24/h8-9,12,15,23H,1-7,10,20H2,(H,21,22)/t12-,15?/m1/s1. The van der Waals surface area contributed by atoms with Gasteiger partial charge in [-0.25, -0.2) is 4.98 Å². The lowest BCUT2D eigenvalue weighted by Gasteiger charge is -2.33. The molecule has 4 heterocycles. The third-order valence-corrected chi connectivity index (χ3v) is 5.60. The Bertz CT molecular complexity index is 783. The average molecular weight is 406 g/mol. The maximum atomic E-state index is 6.21. The monoisotopic (exact) mass is 405 g/mol. The first-order chi connectivity index (χ1) is 12.1. The summed E-state index contributed by atoms with van der Waals surface area (Å²) in [5.41, 5.74) is 10.1. The van der Waals surface area contributed by atoms with Gasteiger partial charge in [0, 0.05) is 43.8 Å². The maximum Gasteiger partial charge on any atom is 0.141 e. The predicted molar refractivity (Wildman–Crippen MR) is 105 cm³/mol. The molecule has 6 nitrogen and oxygen atoms in total. The molecule has 0 aromatic carbocycles. The number of anilines is 2. The molecule has 4 N–H and O–H groups in total. The highest BCUT2D eigenvalue weighted by molar-refractivity contribution is 9.10. The first kappa shape index (κ1) is 16.9. The van der Waals surface area contributed by atoms with Crippen LogP contribution in [0.1, 0.15) is 25.7 Å². The van der Waals surface area contributed by atoms with Crippen LogP contribution in [0, 0.1) is 0 Å². The van der Waals surface area contributed by atoms with Crippen molar-refractivity contribution in [1.82, 2.24) is 9.97 Å². The first-order valence-corrected chi connectivity index (χ1v) is 9.66. The Morgan fingerprint density at radius 1 is 1.44 bits per heavy atom. The van der Waals surface area contributed by atoms with Crippen LogP contribution in [0.3, 0.4) is 0 Å². The predicted octanol–water partition coefficient (Wildman–Crippen LogP) is 3.36. The second kappa shape index (κ2) is 6.97. The molecule has 0 radical (unpaired) electrons. The summed E-state index contributed by atoms with van der Waals surface area (Å²) in [5.74, 6) is 0. The minimum atomic E-state index is 0.0805. The zero-order chi connectivity index (χ0) is 17.4. The number of aromatic nitrogens is 2. The third-order valence-electron chi connectivity index (χ3n) is 5.02. The fraction of sp³-hybridized carbons (Fsp3) is 0.500. The van der Waals surface area contributed by atoms with Crippen molar-refractivity contribution in [3.63, 3.8) is 0 Å². The quantitative estimate of drug-likeness (QED) is 0.726. The number of hydrogen-bond acceptors (Lipinski definition) is 5. The highest BCUT2D eigenvalue weighted by Crippen LogP contribution is 2.39. The van der Waals surface area contributed by atoms with Crippen molar-refractivity contribution < 1.29 is 4.74 Å². The molecule has 2 aromatic heterocycles. The van der Waals surface area contributed by atoms with E-state index in [1.807, 2.05) is 12.4 Å². The van der Waals surface area contributed by atoms with Gasteiger partial charge in [-0.1, -0.05) is 6.58 Å². The average Bonchev–Trinajstić information content (AvgIpc) is 3.25. The van der Waals surface area contributed by atoms with Crippen LogP contribution in [0.15, 0.2) is 29.1 Å². The molecule has 2 aromatic rings. The molecule has 2 saturated heterocycles. The fourth-order valence-corrected chi connectivity index (χ4v) is 4.33. The Hall–Kier alpha value is -1.57. The lowest BCUT2D eigenvalue weighted by Crippen LogP contribution is -2.43. The van der Waals surface area contributed by atoms with Gasteiger partial charge in [0.05, 0.1) is 27.3 Å². The number of nitrogens with one attached hydrogen (secondary N) is 2. The summed E-state index contributed by atoms with van der Waals surface area (Å²) in [6.07, 6.45) is 8.18. The number of halogens is 1. The molecule has 0 saturated carbocycles. The molecule has 2 aliphatic rings. The Morgan fingerprint density at radius 3 is 3.08 bits per heavy atom. The summed E-state index contributed by atoms with van der Waals surface area (Å²) < 4.78 is 6.72. The molecular weight excluding hydrogens is 382 g/mol. The summed E-state index contributed by atoms with van der Waals surface area (Å²) in [5, 5.41) is 4.53. The molecule has 1 unspecified atom stereocenters. The highest BCUT2D eigenvalue weighted by atomic mass is 79.9. The summed E-state index contributed by atoms with van der Waals surface area (Å²) in [6.45, 7) is 6.85. The molecule has 2 fully saturated rings. The lowest BCUT2D eigenvalue weighted by molar-refractivity contribution is 0.138. The number of H-pyrrole nitrogens is 1. The molecule has 25 heavy (non-hydrogen) atoms. The van der Waals surface area contributed by atoms with Crippen molar-refractivity contribution in [2.45, 2.75) is 37.8 Å². The molecule has 2 atom stereocenters. The van der Waals surface area contributed by atoms with Gasteiger partial charge in [-0.05, 0) is 41.6 Å². The number of pyridine rings is 1. The van der Waals surface area contributed by atoms with Gasteiger partial charge < -0.3 is 25.7 Å². The number of nitrogens with zero attached hydrogens (tertiary/aromatic N) is 2. The van der Waals surface area contributed by atoms with Gasteiger partial charge in [0.1, 0.15) is 5.65 Å². The molecule has 4 rings (SSSR count). The molecule has 0 aliphatic carbocycles. The number of hydrogen-bond donors (Lipinski definition) is 3. The topological polar surface area (TPSA) is 79.2 Å². The number of ether oxygens (including phenoxy) is 1. The second-order valence-corrected chi connectivity index (χ2v) is 7.74. The van der Waals surface area contributed by atoms with E-state index in [-0.39, 0.29) is 12.1 Å². The van der Waals surface area contributed by atoms with Gasteiger partial charge >= 0.3 is 0 Å². The maximum absolute atomic E-state index is 6.21. The van der Waals surface area contributed by atoms with Crippen LogP contribution in [-0.2, 0) is 4.74 Å². The van der Waals surface area contributed by atoms with Crippen LogP contribution < -0.4 is 16.0 Å². The summed E-state index contributed by atoms with van der Waals surface area (Å²) in [7, 11) is 0. The number of aromatic amines is 1. The van der Waals surface area contributed by atoms with Crippen molar-refractivity contribution in [2.24, 2.45) is 5.73 Å². The zero-order valence-electron chi connectivity index (χ0n) is 14.2. The van der Waals surface area contributed by atoms with Gasteiger partial charge in [0.25, 0.3) is 0 Å². The largest absolute Gasteiger partial charge is 0.372 e. The summed E-state index contributed by atoms with van der Waals surface area (Å²) in [6, 6.07) is 0.209. The minimum Gasteiger partial charge on any atom is -0.372 e. The van der Waals surface area contributed by atoms with E-state index >= 15 is 0 Å². The van der Waals surface area contributed by atoms with Gasteiger partial charge in [0.15, 0.2) is 0 Å². The van der Waals surface area contributed by atoms with Crippen LogP contribution in [0.2, 0.25) is 0 Å². The van der Waals surface area contributed by atoms with E-state index in [0.717, 1.165) is 78.0 Å². The Morgan fingerprint density at radius 2 is 2.32 bits per heavy atom. The molecule has 2 aliphatic heterocycles. The van der Waals surface area contributed by atoms with Crippen LogP contribution in [0.5, 0.6) is 0 Å². The van der Waals surface area contributed by atoms with Crippen molar-refractivity contribution in [3.8, 4) is 0 Å². The smallest absolute Gasteiger partial charge is 0.141 e. The van der Waals surface area contributed by atoms with Crippen molar-refractivity contribution >= 4 is 38.3 Å². The van der Waals surface area contributed by atoms with Gasteiger partial charge in [-0.3, -0.25) is 0 Å². The first-order valence-electron chi connectivity index (χ1n) is 8.87. The molecule has 7 heteroatoms. The Kier molecular flexibility index (Phi) is 4.71. The molecule has 0 amide bonds. The van der Waals surface area contributed by atoms with E-state index in [4.69, 9.17) is 10.5 Å². The summed E-state index contributed by atoms with van der Waals surface area (Å²) in [4.78, 5) is 10.1. The van der Waals surface area contributed by atoms with E-state index in [0.29, 0.717) is 0 Å². The van der Waals surface area contributed by atoms with E-state index in [2.05, 4.69) is 42.7 Å². The molecule has 0 bridgehead atoms. The third kappa shape index (κ3) is 3.28. The van der Waals surface area contributed by atoms with E-state index in [1.54, 1.807) is 0 Å². The highest BCUT2D eigenvalue weighted by Gasteiger charge is 2.25. The van der Waals surface area contributed by atoms with Crippen molar-refractivity contribution in [3.05, 3.63) is 29.1 Å². The number of fused-ring (bicyclic) bond motifs is 1. The minimum absolute atomic E-state index is 0.0805. The number of nitrogens with two attached hydrogens (primary N) is 1. The number of piperidine rings is 1. The normalized spacial score (nSPS) is 24.0. The molecule has 134 valence electrons. The molecule has 0 spiro atoms. The SMILES string of the molecule is C=C(Nc1c[nH]c2ncc(Br)c(N3CCC[C@@H](N)C3)c12)C1CCCO1. The van der Waals surface area contributed by atoms with Crippen molar-refractivity contribution in [1.29, 1.82) is 0 Å². The van der Waals surface area contributed by atoms with Gasteiger partial charge in [-0.2, -0.15) is 0 Å². The zero-order valence-corrected chi connectivity index (χ0v) is 15.8. The van der Waals surface area contributed by atoms with E-state index in [9.17, 15) is 0 Å². The summed E-state index contributed by atoms with van der Waals surface area (Å²) >= 11 is 3.69. The Balaban J connectivity index is 1.70. The lowest BCUT2D eigenvalue weighted by atomic mass is 10.1.